The van der Waals surface area contributed by atoms with Crippen molar-refractivity contribution in [2.45, 2.75) is 21.8 Å². The van der Waals surface area contributed by atoms with Crippen LogP contribution in [0.4, 0.5) is 0 Å². The monoisotopic (exact) mass is 399 g/mol. The SMILES string of the molecule is CC(Oc1ccccc1)(Oc1ccccc1)[S+](c1ccccc1)c1ccccc1. The van der Waals surface area contributed by atoms with Gasteiger partial charge in [-0.3, -0.25) is 0 Å². The summed E-state index contributed by atoms with van der Waals surface area (Å²) in [7, 11) is -0.500. The van der Waals surface area contributed by atoms with Gasteiger partial charge in [0.15, 0.2) is 20.7 Å². The predicted octanol–water partition coefficient (Wildman–Crippen LogP) is 6.55. The van der Waals surface area contributed by atoms with Crippen molar-refractivity contribution in [3.8, 4) is 11.5 Å². The topological polar surface area (TPSA) is 18.5 Å². The average molecular weight is 400 g/mol. The van der Waals surface area contributed by atoms with Crippen LogP contribution in [0.15, 0.2) is 131 Å². The van der Waals surface area contributed by atoms with Crippen LogP contribution in [0.25, 0.3) is 0 Å². The first-order valence-corrected chi connectivity index (χ1v) is 10.8. The molecule has 0 N–H and O–H groups in total. The van der Waals surface area contributed by atoms with E-state index in [1.807, 2.05) is 79.7 Å². The van der Waals surface area contributed by atoms with Crippen LogP contribution in [0.5, 0.6) is 11.5 Å². The molecule has 144 valence electrons. The molecule has 0 unspecified atom stereocenters. The van der Waals surface area contributed by atoms with Gasteiger partial charge in [0, 0.05) is 0 Å². The number of ether oxygens (including phenoxy) is 2. The van der Waals surface area contributed by atoms with Gasteiger partial charge >= 0.3 is 5.12 Å². The summed E-state index contributed by atoms with van der Waals surface area (Å²) in [5.41, 5.74) is 0. The van der Waals surface area contributed by atoms with E-state index >= 15 is 0 Å². The number of benzene rings is 4. The summed E-state index contributed by atoms with van der Waals surface area (Å²) in [6.45, 7) is 2.02. The molecule has 0 aliphatic carbocycles. The van der Waals surface area contributed by atoms with E-state index in [-0.39, 0.29) is 0 Å². The zero-order valence-electron chi connectivity index (χ0n) is 16.3. The Morgan fingerprint density at radius 3 is 1.14 bits per heavy atom. The highest BCUT2D eigenvalue weighted by Crippen LogP contribution is 2.38. The molecule has 0 heterocycles. The van der Waals surface area contributed by atoms with E-state index in [1.54, 1.807) is 0 Å². The fourth-order valence-corrected chi connectivity index (χ4v) is 5.53. The van der Waals surface area contributed by atoms with Gasteiger partial charge in [-0.15, -0.1) is 0 Å². The van der Waals surface area contributed by atoms with Crippen molar-refractivity contribution in [2.24, 2.45) is 0 Å². The van der Waals surface area contributed by atoms with Crippen LogP contribution < -0.4 is 9.47 Å². The van der Waals surface area contributed by atoms with Crippen molar-refractivity contribution in [1.82, 2.24) is 0 Å². The van der Waals surface area contributed by atoms with E-state index in [0.29, 0.717) is 0 Å². The molecule has 0 spiro atoms. The smallest absolute Gasteiger partial charge is 0.412 e. The van der Waals surface area contributed by atoms with Crippen LogP contribution >= 0.6 is 0 Å². The molecule has 0 radical (unpaired) electrons. The molecule has 3 heteroatoms. The molecule has 0 bridgehead atoms. The zero-order chi connectivity index (χ0) is 19.9. The molecule has 2 nitrogen and oxygen atoms in total. The molecule has 4 aromatic carbocycles. The van der Waals surface area contributed by atoms with E-state index in [4.69, 9.17) is 9.47 Å². The quantitative estimate of drug-likeness (QED) is 0.259. The maximum absolute atomic E-state index is 6.57. The second-order valence-corrected chi connectivity index (χ2v) is 8.92. The fraction of sp³-hybridized carbons (Fsp3) is 0.0769. The summed E-state index contributed by atoms with van der Waals surface area (Å²) >= 11 is 0. The van der Waals surface area contributed by atoms with Gasteiger partial charge in [-0.05, 0) is 48.5 Å². The Hall–Kier alpha value is -3.17. The van der Waals surface area contributed by atoms with Crippen molar-refractivity contribution < 1.29 is 9.47 Å². The first kappa shape index (κ1) is 19.2. The lowest BCUT2D eigenvalue weighted by Gasteiger charge is -2.29. The number of hydrogen-bond acceptors (Lipinski definition) is 2. The van der Waals surface area contributed by atoms with E-state index < -0.39 is 16.0 Å². The lowest BCUT2D eigenvalue weighted by atomic mass is 10.3. The average Bonchev–Trinajstić information content (AvgIpc) is 2.77. The summed E-state index contributed by atoms with van der Waals surface area (Å²) in [5.74, 6) is 1.55. The van der Waals surface area contributed by atoms with Gasteiger partial charge in [-0.2, -0.15) is 0 Å². The predicted molar refractivity (Wildman–Crippen MR) is 119 cm³/mol. The van der Waals surface area contributed by atoms with Crippen LogP contribution in [0.3, 0.4) is 0 Å². The number of hydrogen-bond donors (Lipinski definition) is 0. The standard InChI is InChI=1S/C26H23O2S/c1-26(27-22-14-6-2-7-15-22,28-23-16-8-3-9-17-23)29(24-18-10-4-11-19-24)25-20-12-5-13-21-25/h2-21H,1H3/q+1. The van der Waals surface area contributed by atoms with Crippen LogP contribution in [-0.4, -0.2) is 5.12 Å². The summed E-state index contributed by atoms with van der Waals surface area (Å²) in [4.78, 5) is 2.32. The minimum Gasteiger partial charge on any atom is -0.412 e. The lowest BCUT2D eigenvalue weighted by Crippen LogP contribution is -2.47. The third kappa shape index (κ3) is 4.64. The van der Waals surface area contributed by atoms with Crippen LogP contribution in [0, 0.1) is 0 Å². The second kappa shape index (κ2) is 8.89. The number of para-hydroxylation sites is 2. The van der Waals surface area contributed by atoms with Gasteiger partial charge in [0.25, 0.3) is 0 Å². The highest BCUT2D eigenvalue weighted by atomic mass is 32.2. The molecule has 4 rings (SSSR count). The summed E-state index contributed by atoms with van der Waals surface area (Å²) in [5, 5.41) is -0.939. The Balaban J connectivity index is 1.83. The van der Waals surface area contributed by atoms with Crippen molar-refractivity contribution in [3.63, 3.8) is 0 Å². The van der Waals surface area contributed by atoms with Gasteiger partial charge in [-0.25, -0.2) is 0 Å². The van der Waals surface area contributed by atoms with Gasteiger partial charge in [0.2, 0.25) is 0 Å². The maximum atomic E-state index is 6.57. The Labute approximate surface area is 175 Å². The molecule has 0 amide bonds. The van der Waals surface area contributed by atoms with E-state index in [1.165, 1.54) is 0 Å². The summed E-state index contributed by atoms with van der Waals surface area (Å²) < 4.78 is 13.1. The van der Waals surface area contributed by atoms with E-state index in [2.05, 4.69) is 48.5 Å². The molecule has 0 saturated heterocycles. The molecule has 0 aromatic heterocycles. The Bertz CT molecular complexity index is 925. The highest BCUT2D eigenvalue weighted by molar-refractivity contribution is 7.98. The molecule has 0 saturated carbocycles. The maximum Gasteiger partial charge on any atom is 0.430 e. The molecule has 0 aliphatic rings. The number of rotatable bonds is 7. The molecule has 0 fully saturated rings. The lowest BCUT2D eigenvalue weighted by molar-refractivity contribution is -0.0166. The minimum atomic E-state index is -0.939. The first-order valence-electron chi connectivity index (χ1n) is 9.57. The van der Waals surface area contributed by atoms with Gasteiger partial charge in [0.05, 0.1) is 6.92 Å². The van der Waals surface area contributed by atoms with Crippen molar-refractivity contribution in [3.05, 3.63) is 121 Å². The summed E-state index contributed by atoms with van der Waals surface area (Å²) in [6, 6.07) is 40.6. The van der Waals surface area contributed by atoms with Gasteiger partial charge in [-0.1, -0.05) is 72.8 Å². The largest absolute Gasteiger partial charge is 0.430 e. The third-order valence-electron chi connectivity index (χ3n) is 4.42. The molecule has 0 atom stereocenters. The van der Waals surface area contributed by atoms with Crippen LogP contribution in [-0.2, 0) is 10.9 Å². The van der Waals surface area contributed by atoms with Gasteiger partial charge < -0.3 is 9.47 Å². The van der Waals surface area contributed by atoms with Crippen molar-refractivity contribution >= 4 is 10.9 Å². The first-order chi connectivity index (χ1) is 14.2. The Morgan fingerprint density at radius 2 is 0.793 bits per heavy atom. The Kier molecular flexibility index (Phi) is 5.87. The molecular formula is C26H23O2S+. The molecular weight excluding hydrogens is 376 g/mol. The minimum absolute atomic E-state index is 0.500. The fourth-order valence-electron chi connectivity index (χ4n) is 3.19. The second-order valence-electron chi connectivity index (χ2n) is 6.62. The van der Waals surface area contributed by atoms with Crippen molar-refractivity contribution in [2.75, 3.05) is 0 Å². The third-order valence-corrected chi connectivity index (χ3v) is 6.82. The highest BCUT2D eigenvalue weighted by Gasteiger charge is 2.52. The van der Waals surface area contributed by atoms with Crippen LogP contribution in [0.2, 0.25) is 0 Å². The summed E-state index contributed by atoms with van der Waals surface area (Å²) in [6.07, 6.45) is 0. The molecule has 4 aromatic rings. The normalized spacial score (nSPS) is 11.2. The van der Waals surface area contributed by atoms with Crippen molar-refractivity contribution in [1.29, 1.82) is 0 Å². The zero-order valence-corrected chi connectivity index (χ0v) is 17.1. The Morgan fingerprint density at radius 1 is 0.483 bits per heavy atom. The van der Waals surface area contributed by atoms with E-state index in [9.17, 15) is 0 Å². The van der Waals surface area contributed by atoms with Gasteiger partial charge in [0.1, 0.15) is 11.5 Å². The molecule has 0 aliphatic heterocycles. The molecule has 29 heavy (non-hydrogen) atoms. The van der Waals surface area contributed by atoms with Crippen LogP contribution in [0.1, 0.15) is 6.92 Å². The van der Waals surface area contributed by atoms with E-state index in [0.717, 1.165) is 21.3 Å².